The van der Waals surface area contributed by atoms with Gasteiger partial charge in [0.05, 0.1) is 0 Å². The minimum atomic E-state index is -0.223. The Hall–Kier alpha value is -3.33. The van der Waals surface area contributed by atoms with Crippen molar-refractivity contribution in [1.82, 2.24) is 30.4 Å². The van der Waals surface area contributed by atoms with E-state index < -0.39 is 0 Å². The van der Waals surface area contributed by atoms with Crippen molar-refractivity contribution in [3.05, 3.63) is 59.9 Å². The molecule has 0 bridgehead atoms. The maximum atomic E-state index is 13.1. The molecule has 1 fully saturated rings. The quantitative estimate of drug-likeness (QED) is 0.575. The molecule has 2 aromatic carbocycles. The van der Waals surface area contributed by atoms with Crippen molar-refractivity contribution >= 4 is 11.7 Å². The second-order valence-corrected chi connectivity index (χ2v) is 8.75. The van der Waals surface area contributed by atoms with E-state index in [4.69, 9.17) is 0 Å². The number of amides is 2. The largest absolute Gasteiger partial charge is 0.338 e. The third-order valence-electron chi connectivity index (χ3n) is 6.35. The number of tetrazole rings is 1. The highest BCUT2D eigenvalue weighted by molar-refractivity contribution is 5.89. The molecule has 1 aliphatic heterocycles. The number of nitrogens with zero attached hydrogens (tertiary/aromatic N) is 5. The van der Waals surface area contributed by atoms with Gasteiger partial charge < -0.3 is 15.5 Å². The first-order valence-electron chi connectivity index (χ1n) is 11.3. The third kappa shape index (κ3) is 6.13. The molecule has 9 heteroatoms. The molecular weight excluding hydrogens is 421 g/mol. The minimum Gasteiger partial charge on any atom is -0.338 e. The molecule has 4 rings (SSSR count). The number of hydrogen-bond acceptors (Lipinski definition) is 5. The number of carbonyl (C=O) groups excluding carboxylic acids is 1. The molecule has 0 spiro atoms. The summed E-state index contributed by atoms with van der Waals surface area (Å²) in [5.74, 6) is 1.36. The van der Waals surface area contributed by atoms with Gasteiger partial charge in [-0.25, -0.2) is 13.9 Å². The molecule has 1 aromatic heterocycles. The molecule has 0 aliphatic carbocycles. The topological polar surface area (TPSA) is 88.0 Å². The van der Waals surface area contributed by atoms with Crippen LogP contribution in [0, 0.1) is 17.7 Å². The SMILES string of the molecule is C[C@@H]1CCN(CCc2ccc(F)cc2)C[C@@H]1CNC(=O)Nc1cccc(-c2nnnn2C)c1. The first-order chi connectivity index (χ1) is 16.0. The van der Waals surface area contributed by atoms with Gasteiger partial charge in [-0.15, -0.1) is 5.10 Å². The first-order valence-corrected chi connectivity index (χ1v) is 11.3. The summed E-state index contributed by atoms with van der Waals surface area (Å²) < 4.78 is 14.7. The van der Waals surface area contributed by atoms with Gasteiger partial charge >= 0.3 is 6.03 Å². The van der Waals surface area contributed by atoms with Crippen LogP contribution in [0.3, 0.4) is 0 Å². The van der Waals surface area contributed by atoms with E-state index >= 15 is 0 Å². The van der Waals surface area contributed by atoms with Gasteiger partial charge in [-0.1, -0.05) is 31.2 Å². The number of anilines is 1. The smallest absolute Gasteiger partial charge is 0.319 e. The summed E-state index contributed by atoms with van der Waals surface area (Å²) in [5, 5.41) is 17.5. The Morgan fingerprint density at radius 1 is 1.21 bits per heavy atom. The van der Waals surface area contributed by atoms with Crippen LogP contribution in [0.15, 0.2) is 48.5 Å². The zero-order valence-corrected chi connectivity index (χ0v) is 19.0. The first kappa shape index (κ1) is 22.8. The van der Waals surface area contributed by atoms with Gasteiger partial charge in [0.25, 0.3) is 0 Å². The van der Waals surface area contributed by atoms with Crippen LogP contribution in [-0.4, -0.2) is 57.3 Å². The van der Waals surface area contributed by atoms with Crippen LogP contribution in [-0.2, 0) is 13.5 Å². The highest BCUT2D eigenvalue weighted by Gasteiger charge is 2.26. The van der Waals surface area contributed by atoms with Crippen LogP contribution in [0.25, 0.3) is 11.4 Å². The summed E-state index contributed by atoms with van der Waals surface area (Å²) in [4.78, 5) is 15.0. The number of likely N-dealkylation sites (tertiary alicyclic amines) is 1. The molecule has 2 amide bonds. The summed E-state index contributed by atoms with van der Waals surface area (Å²) in [6.07, 6.45) is 2.00. The normalized spacial score (nSPS) is 18.8. The van der Waals surface area contributed by atoms with Gasteiger partial charge in [0.15, 0.2) is 5.82 Å². The Kier molecular flexibility index (Phi) is 7.29. The van der Waals surface area contributed by atoms with Gasteiger partial charge in [-0.2, -0.15) is 0 Å². The van der Waals surface area contributed by atoms with E-state index in [2.05, 4.69) is 38.0 Å². The molecule has 0 radical (unpaired) electrons. The molecular formula is C24H30FN7O. The number of rotatable bonds is 7. The maximum Gasteiger partial charge on any atom is 0.319 e. The van der Waals surface area contributed by atoms with Crippen molar-refractivity contribution in [2.24, 2.45) is 18.9 Å². The number of piperidine rings is 1. The standard InChI is InChI=1S/C24H30FN7O/c1-17-10-12-32(13-11-18-6-8-21(25)9-7-18)16-20(17)15-26-24(33)27-22-5-3-4-19(14-22)23-28-29-30-31(23)2/h3-9,14,17,20H,10-13,15-16H2,1-2H3,(H2,26,27,33)/t17-,20+/m1/s1. The van der Waals surface area contributed by atoms with Gasteiger partial charge in [0.2, 0.25) is 0 Å². The lowest BCUT2D eigenvalue weighted by molar-refractivity contribution is 0.129. The predicted molar refractivity (Wildman–Crippen MR) is 125 cm³/mol. The molecule has 1 aliphatic rings. The van der Waals surface area contributed by atoms with Crippen LogP contribution in [0.1, 0.15) is 18.9 Å². The van der Waals surface area contributed by atoms with Crippen LogP contribution in [0.2, 0.25) is 0 Å². The fourth-order valence-electron chi connectivity index (χ4n) is 4.24. The number of urea groups is 1. The molecule has 33 heavy (non-hydrogen) atoms. The molecule has 3 aromatic rings. The van der Waals surface area contributed by atoms with Crippen molar-refractivity contribution in [3.63, 3.8) is 0 Å². The molecule has 8 nitrogen and oxygen atoms in total. The molecule has 174 valence electrons. The van der Waals surface area contributed by atoms with Gasteiger partial charge in [-0.05, 0) is 71.5 Å². The van der Waals surface area contributed by atoms with E-state index in [9.17, 15) is 9.18 Å². The Labute approximate surface area is 193 Å². The Balaban J connectivity index is 1.26. The molecule has 2 heterocycles. The Bertz CT molecular complexity index is 1070. The van der Waals surface area contributed by atoms with Gasteiger partial charge in [-0.3, -0.25) is 0 Å². The summed E-state index contributed by atoms with van der Waals surface area (Å²) in [6.45, 7) is 5.80. The lowest BCUT2D eigenvalue weighted by Crippen LogP contribution is -2.45. The van der Waals surface area contributed by atoms with E-state index in [0.29, 0.717) is 29.9 Å². The van der Waals surface area contributed by atoms with Crippen LogP contribution in [0.4, 0.5) is 14.9 Å². The fraction of sp³-hybridized carbons (Fsp3) is 0.417. The average Bonchev–Trinajstić information content (AvgIpc) is 3.25. The van der Waals surface area contributed by atoms with Crippen LogP contribution < -0.4 is 10.6 Å². The number of benzene rings is 2. The van der Waals surface area contributed by atoms with Crippen molar-refractivity contribution in [2.75, 3.05) is 31.5 Å². The molecule has 0 unspecified atom stereocenters. The Morgan fingerprint density at radius 2 is 2.03 bits per heavy atom. The number of hydrogen-bond donors (Lipinski definition) is 2. The van der Waals surface area contributed by atoms with E-state index in [1.807, 2.05) is 36.4 Å². The maximum absolute atomic E-state index is 13.1. The predicted octanol–water partition coefficient (Wildman–Crippen LogP) is 3.34. The second kappa shape index (κ2) is 10.5. The van der Waals surface area contributed by atoms with E-state index in [1.54, 1.807) is 11.7 Å². The third-order valence-corrected chi connectivity index (χ3v) is 6.35. The van der Waals surface area contributed by atoms with Crippen molar-refractivity contribution in [3.8, 4) is 11.4 Å². The van der Waals surface area contributed by atoms with Crippen LogP contribution in [0.5, 0.6) is 0 Å². The summed E-state index contributed by atoms with van der Waals surface area (Å²) in [7, 11) is 1.77. The highest BCUT2D eigenvalue weighted by Crippen LogP contribution is 2.23. The lowest BCUT2D eigenvalue weighted by atomic mass is 9.87. The summed E-state index contributed by atoms with van der Waals surface area (Å²) in [5.41, 5.74) is 2.66. The molecule has 1 saturated heterocycles. The van der Waals surface area contributed by atoms with Gasteiger partial charge in [0.1, 0.15) is 5.82 Å². The molecule has 0 saturated carbocycles. The summed E-state index contributed by atoms with van der Waals surface area (Å²) in [6, 6.07) is 14.0. The zero-order chi connectivity index (χ0) is 23.2. The van der Waals surface area contributed by atoms with Gasteiger partial charge in [0, 0.05) is 37.9 Å². The fourth-order valence-corrected chi connectivity index (χ4v) is 4.24. The lowest BCUT2D eigenvalue weighted by Gasteiger charge is -2.37. The monoisotopic (exact) mass is 451 g/mol. The van der Waals surface area contributed by atoms with Crippen molar-refractivity contribution in [1.29, 1.82) is 0 Å². The summed E-state index contributed by atoms with van der Waals surface area (Å²) >= 11 is 0. The van der Waals surface area contributed by atoms with E-state index in [-0.39, 0.29) is 11.8 Å². The van der Waals surface area contributed by atoms with Crippen LogP contribution >= 0.6 is 0 Å². The van der Waals surface area contributed by atoms with Crippen molar-refractivity contribution in [2.45, 2.75) is 19.8 Å². The average molecular weight is 452 g/mol. The number of carbonyl (C=O) groups is 1. The van der Waals surface area contributed by atoms with Crippen molar-refractivity contribution < 1.29 is 9.18 Å². The zero-order valence-electron chi connectivity index (χ0n) is 19.0. The number of aryl methyl sites for hydroxylation is 1. The Morgan fingerprint density at radius 3 is 2.79 bits per heavy atom. The number of halogens is 1. The highest BCUT2D eigenvalue weighted by atomic mass is 19.1. The molecule has 2 atom stereocenters. The molecule has 2 N–H and O–H groups in total. The second-order valence-electron chi connectivity index (χ2n) is 8.75. The van der Waals surface area contributed by atoms with E-state index in [0.717, 1.165) is 43.6 Å². The van der Waals surface area contributed by atoms with E-state index in [1.165, 1.54) is 12.1 Å². The minimum absolute atomic E-state index is 0.202. The number of nitrogens with one attached hydrogen (secondary N) is 2. The number of aromatic nitrogens is 4.